The van der Waals surface area contributed by atoms with Crippen molar-refractivity contribution in [1.29, 1.82) is 0 Å². The van der Waals surface area contributed by atoms with E-state index in [1.54, 1.807) is 0 Å². The molecule has 1 atom stereocenters. The first kappa shape index (κ1) is 11.1. The van der Waals surface area contributed by atoms with Crippen LogP contribution in [0.3, 0.4) is 0 Å². The van der Waals surface area contributed by atoms with Crippen LogP contribution in [0.2, 0.25) is 0 Å². The van der Waals surface area contributed by atoms with Gasteiger partial charge in [-0.15, -0.1) is 0 Å². The zero-order valence-electron chi connectivity index (χ0n) is 10.9. The van der Waals surface area contributed by atoms with Crippen molar-refractivity contribution in [3.63, 3.8) is 0 Å². The Morgan fingerprint density at radius 2 is 1.79 bits per heavy atom. The van der Waals surface area contributed by atoms with Crippen LogP contribution in [-0.4, -0.2) is 13.2 Å². The van der Waals surface area contributed by atoms with E-state index in [-0.39, 0.29) is 0 Å². The van der Waals surface area contributed by atoms with Crippen LogP contribution in [0.25, 0.3) is 0 Å². The molecule has 19 heavy (non-hydrogen) atoms. The summed E-state index contributed by atoms with van der Waals surface area (Å²) < 4.78 is 5.87. The Balaban J connectivity index is 1.84. The maximum atomic E-state index is 5.87. The maximum Gasteiger partial charge on any atom is 0.126 e. The fourth-order valence-electron chi connectivity index (χ4n) is 3.29. The molecule has 2 heteroatoms. The third kappa shape index (κ3) is 1.75. The van der Waals surface area contributed by atoms with Crippen molar-refractivity contribution < 1.29 is 4.74 Å². The van der Waals surface area contributed by atoms with Gasteiger partial charge in [0.2, 0.25) is 0 Å². The SMILES string of the molecule is c1ccc2c(c1)CNCC2c1cccc2c1OCC2. The van der Waals surface area contributed by atoms with Crippen LogP contribution in [0.4, 0.5) is 0 Å². The fraction of sp³-hybridized carbons (Fsp3) is 0.294. The Hall–Kier alpha value is -1.80. The van der Waals surface area contributed by atoms with Crippen molar-refractivity contribution in [3.05, 3.63) is 64.7 Å². The van der Waals surface area contributed by atoms with Gasteiger partial charge in [0.1, 0.15) is 5.75 Å². The summed E-state index contributed by atoms with van der Waals surface area (Å²) in [6, 6.07) is 15.3. The van der Waals surface area contributed by atoms with E-state index in [9.17, 15) is 0 Å². The number of nitrogens with one attached hydrogen (secondary N) is 1. The van der Waals surface area contributed by atoms with E-state index in [2.05, 4.69) is 47.8 Å². The van der Waals surface area contributed by atoms with Crippen molar-refractivity contribution in [3.8, 4) is 5.75 Å². The Kier molecular flexibility index (Phi) is 2.56. The molecule has 1 unspecified atom stereocenters. The van der Waals surface area contributed by atoms with Gasteiger partial charge in [-0.1, -0.05) is 42.5 Å². The van der Waals surface area contributed by atoms with Gasteiger partial charge in [-0.25, -0.2) is 0 Å². The lowest BCUT2D eigenvalue weighted by Gasteiger charge is -2.27. The van der Waals surface area contributed by atoms with E-state index in [4.69, 9.17) is 4.74 Å². The Morgan fingerprint density at radius 1 is 0.947 bits per heavy atom. The second-order valence-corrected chi connectivity index (χ2v) is 5.32. The number of ether oxygens (including phenoxy) is 1. The molecule has 1 N–H and O–H groups in total. The Bertz CT molecular complexity index is 620. The second kappa shape index (κ2) is 4.39. The van der Waals surface area contributed by atoms with E-state index < -0.39 is 0 Å². The van der Waals surface area contributed by atoms with Gasteiger partial charge in [0, 0.05) is 31.0 Å². The van der Waals surface area contributed by atoms with Crippen molar-refractivity contribution in [2.24, 2.45) is 0 Å². The average molecular weight is 251 g/mol. The number of para-hydroxylation sites is 1. The molecule has 2 aliphatic rings. The van der Waals surface area contributed by atoms with Gasteiger partial charge in [-0.2, -0.15) is 0 Å². The molecule has 2 aromatic rings. The molecule has 2 nitrogen and oxygen atoms in total. The van der Waals surface area contributed by atoms with E-state index in [1.807, 2.05) is 0 Å². The molecule has 0 amide bonds. The van der Waals surface area contributed by atoms with E-state index >= 15 is 0 Å². The predicted molar refractivity (Wildman–Crippen MR) is 75.6 cm³/mol. The van der Waals surface area contributed by atoms with Crippen molar-refractivity contribution in [2.45, 2.75) is 18.9 Å². The van der Waals surface area contributed by atoms with Crippen LogP contribution >= 0.6 is 0 Å². The van der Waals surface area contributed by atoms with Crippen molar-refractivity contribution in [2.75, 3.05) is 13.2 Å². The minimum Gasteiger partial charge on any atom is -0.493 e. The summed E-state index contributed by atoms with van der Waals surface area (Å²) in [6.45, 7) is 2.80. The molecule has 0 fully saturated rings. The summed E-state index contributed by atoms with van der Waals surface area (Å²) in [5, 5.41) is 3.53. The topological polar surface area (TPSA) is 21.3 Å². The number of hydrogen-bond donors (Lipinski definition) is 1. The summed E-state index contributed by atoms with van der Waals surface area (Å²) in [6.07, 6.45) is 1.05. The minimum atomic E-state index is 0.415. The standard InChI is InChI=1S/C17H17NO/c1-2-6-14-13(4-1)10-18-11-16(14)15-7-3-5-12-8-9-19-17(12)15/h1-7,16,18H,8-11H2. The largest absolute Gasteiger partial charge is 0.493 e. The van der Waals surface area contributed by atoms with Gasteiger partial charge in [-0.05, 0) is 16.7 Å². The molecule has 0 saturated carbocycles. The molecule has 0 bridgehead atoms. The Labute approximate surface area is 113 Å². The molecule has 0 radical (unpaired) electrons. The third-order valence-electron chi connectivity index (χ3n) is 4.21. The maximum absolute atomic E-state index is 5.87. The van der Waals surface area contributed by atoms with Crippen LogP contribution < -0.4 is 10.1 Å². The van der Waals surface area contributed by atoms with Crippen LogP contribution in [-0.2, 0) is 13.0 Å². The van der Waals surface area contributed by atoms with Gasteiger partial charge in [0.25, 0.3) is 0 Å². The van der Waals surface area contributed by atoms with Crippen molar-refractivity contribution in [1.82, 2.24) is 5.32 Å². The summed E-state index contributed by atoms with van der Waals surface area (Å²) >= 11 is 0. The normalized spacial score (nSPS) is 20.5. The second-order valence-electron chi connectivity index (χ2n) is 5.32. The molecule has 2 aliphatic heterocycles. The smallest absolute Gasteiger partial charge is 0.126 e. The molecule has 2 aromatic carbocycles. The molecule has 4 rings (SSSR count). The van der Waals surface area contributed by atoms with Crippen LogP contribution in [0.5, 0.6) is 5.75 Å². The van der Waals surface area contributed by atoms with E-state index in [1.165, 1.54) is 22.3 Å². The van der Waals surface area contributed by atoms with Crippen LogP contribution in [0, 0.1) is 0 Å². The first-order valence-corrected chi connectivity index (χ1v) is 6.96. The van der Waals surface area contributed by atoms with Gasteiger partial charge in [0.05, 0.1) is 6.61 Å². The molecule has 2 heterocycles. The number of rotatable bonds is 1. The molecule has 0 saturated heterocycles. The lowest BCUT2D eigenvalue weighted by atomic mass is 9.84. The minimum absolute atomic E-state index is 0.415. The summed E-state index contributed by atoms with van der Waals surface area (Å²) in [5.41, 5.74) is 5.56. The summed E-state index contributed by atoms with van der Waals surface area (Å²) in [7, 11) is 0. The van der Waals surface area contributed by atoms with Gasteiger partial charge in [0.15, 0.2) is 0 Å². The Morgan fingerprint density at radius 3 is 2.79 bits per heavy atom. The third-order valence-corrected chi connectivity index (χ3v) is 4.21. The summed E-state index contributed by atoms with van der Waals surface area (Å²) in [4.78, 5) is 0. The molecule has 0 aromatic heterocycles. The quantitative estimate of drug-likeness (QED) is 0.841. The highest BCUT2D eigenvalue weighted by Gasteiger charge is 2.26. The summed E-state index contributed by atoms with van der Waals surface area (Å²) in [5.74, 6) is 1.55. The number of benzene rings is 2. The highest BCUT2D eigenvalue weighted by atomic mass is 16.5. The predicted octanol–water partition coefficient (Wildman–Crippen LogP) is 2.86. The highest BCUT2D eigenvalue weighted by Crippen LogP contribution is 2.39. The lowest BCUT2D eigenvalue weighted by Crippen LogP contribution is -2.28. The zero-order valence-corrected chi connectivity index (χ0v) is 10.9. The molecule has 0 spiro atoms. The van der Waals surface area contributed by atoms with E-state index in [0.717, 1.165) is 31.9 Å². The molecular weight excluding hydrogens is 234 g/mol. The van der Waals surface area contributed by atoms with E-state index in [0.29, 0.717) is 5.92 Å². The average Bonchev–Trinajstić information content (AvgIpc) is 2.95. The monoisotopic (exact) mass is 251 g/mol. The molecule has 96 valence electrons. The number of hydrogen-bond acceptors (Lipinski definition) is 2. The van der Waals surface area contributed by atoms with Crippen LogP contribution in [0.1, 0.15) is 28.2 Å². The molecular formula is C17H17NO. The zero-order chi connectivity index (χ0) is 12.7. The first-order chi connectivity index (χ1) is 9.43. The fourth-order valence-corrected chi connectivity index (χ4v) is 3.29. The van der Waals surface area contributed by atoms with Crippen molar-refractivity contribution >= 4 is 0 Å². The highest BCUT2D eigenvalue weighted by molar-refractivity contribution is 5.51. The van der Waals surface area contributed by atoms with Crippen LogP contribution in [0.15, 0.2) is 42.5 Å². The first-order valence-electron chi connectivity index (χ1n) is 6.96. The van der Waals surface area contributed by atoms with Gasteiger partial charge >= 0.3 is 0 Å². The molecule has 0 aliphatic carbocycles. The number of fused-ring (bicyclic) bond motifs is 2. The lowest BCUT2D eigenvalue weighted by molar-refractivity contribution is 0.351. The van der Waals surface area contributed by atoms with Gasteiger partial charge < -0.3 is 10.1 Å². The van der Waals surface area contributed by atoms with Gasteiger partial charge in [-0.3, -0.25) is 0 Å².